The lowest BCUT2D eigenvalue weighted by Gasteiger charge is -2.38. The largest absolute Gasteiger partial charge is 0.366 e. The molecule has 1 N–H and O–H groups in total. The van der Waals surface area contributed by atoms with Gasteiger partial charge in [0.15, 0.2) is 0 Å². The van der Waals surface area contributed by atoms with E-state index >= 15 is 0 Å². The number of benzene rings is 1. The van der Waals surface area contributed by atoms with Gasteiger partial charge in [0.2, 0.25) is 11.8 Å². The van der Waals surface area contributed by atoms with Gasteiger partial charge in [0.25, 0.3) is 0 Å². The van der Waals surface area contributed by atoms with Crippen LogP contribution in [0.3, 0.4) is 0 Å². The summed E-state index contributed by atoms with van der Waals surface area (Å²) in [5.74, 6) is -0.547. The van der Waals surface area contributed by atoms with E-state index in [0.717, 1.165) is 6.42 Å². The summed E-state index contributed by atoms with van der Waals surface area (Å²) in [6.07, 6.45) is 1.89. The van der Waals surface area contributed by atoms with Crippen molar-refractivity contribution in [1.29, 1.82) is 5.26 Å². The summed E-state index contributed by atoms with van der Waals surface area (Å²) < 4.78 is 14.1. The van der Waals surface area contributed by atoms with Crippen molar-refractivity contribution in [1.82, 2.24) is 10.2 Å². The Morgan fingerprint density at radius 3 is 2.67 bits per heavy atom. The van der Waals surface area contributed by atoms with E-state index in [4.69, 9.17) is 5.26 Å². The molecular weight excluding hydrogens is 311 g/mol. The molecule has 6 nitrogen and oxygen atoms in total. The Balaban J connectivity index is 1.60. The lowest BCUT2D eigenvalue weighted by molar-refractivity contribution is -0.138. The van der Waals surface area contributed by atoms with Crippen LogP contribution in [-0.2, 0) is 9.59 Å². The Hall–Kier alpha value is -2.62. The Bertz CT molecular complexity index is 692. The quantitative estimate of drug-likeness (QED) is 0.878. The van der Waals surface area contributed by atoms with Gasteiger partial charge in [0.1, 0.15) is 11.9 Å². The Morgan fingerprint density at radius 2 is 2.04 bits per heavy atom. The van der Waals surface area contributed by atoms with Crippen LogP contribution in [0.4, 0.5) is 10.1 Å². The lowest BCUT2D eigenvalue weighted by Crippen LogP contribution is -2.56. The molecule has 2 heterocycles. The maximum atomic E-state index is 14.1. The summed E-state index contributed by atoms with van der Waals surface area (Å²) in [4.78, 5) is 27.5. The molecule has 126 valence electrons. The zero-order valence-corrected chi connectivity index (χ0v) is 13.3. The predicted molar refractivity (Wildman–Crippen MR) is 85.7 cm³/mol. The number of nitrogens with one attached hydrogen (secondary N) is 1. The van der Waals surface area contributed by atoms with Crippen molar-refractivity contribution in [2.75, 3.05) is 31.1 Å². The molecule has 0 aliphatic carbocycles. The van der Waals surface area contributed by atoms with Gasteiger partial charge in [0, 0.05) is 32.6 Å². The fraction of sp³-hybridized carbons (Fsp3) is 0.471. The van der Waals surface area contributed by atoms with E-state index in [-0.39, 0.29) is 17.4 Å². The molecule has 2 aliphatic rings. The first-order chi connectivity index (χ1) is 11.6. The minimum Gasteiger partial charge on any atom is -0.366 e. The van der Waals surface area contributed by atoms with Gasteiger partial charge in [-0.15, -0.1) is 0 Å². The zero-order chi connectivity index (χ0) is 17.1. The smallest absolute Gasteiger partial charge is 0.245 e. The number of hydrogen-bond donors (Lipinski definition) is 1. The summed E-state index contributed by atoms with van der Waals surface area (Å²) in [5.41, 5.74) is 0.741. The van der Waals surface area contributed by atoms with E-state index in [1.807, 2.05) is 11.0 Å². The van der Waals surface area contributed by atoms with Crippen LogP contribution in [0.15, 0.2) is 18.2 Å². The first-order valence-electron chi connectivity index (χ1n) is 8.11. The number of carbonyl (C=O) groups excluding carboxylic acids is 2. The van der Waals surface area contributed by atoms with Crippen molar-refractivity contribution < 1.29 is 14.0 Å². The third-order valence-corrected chi connectivity index (χ3v) is 4.54. The van der Waals surface area contributed by atoms with Crippen LogP contribution in [0, 0.1) is 17.1 Å². The molecule has 24 heavy (non-hydrogen) atoms. The third-order valence-electron chi connectivity index (χ3n) is 4.54. The number of piperazine rings is 1. The van der Waals surface area contributed by atoms with Gasteiger partial charge >= 0.3 is 0 Å². The number of nitrogens with zero attached hydrogens (tertiary/aromatic N) is 3. The predicted octanol–water partition coefficient (Wildman–Crippen LogP) is 1.01. The Kier molecular flexibility index (Phi) is 4.65. The SMILES string of the molecule is N#Cc1ccc(N2CCN(C(=O)[C@H]3CCCC(=O)N3)CC2)c(F)c1. The molecule has 0 spiro atoms. The normalized spacial score (nSPS) is 21.2. The van der Waals surface area contributed by atoms with Crippen LogP contribution < -0.4 is 10.2 Å². The molecular formula is C17H19FN4O2. The molecule has 0 bridgehead atoms. The number of amides is 2. The highest BCUT2D eigenvalue weighted by atomic mass is 19.1. The number of anilines is 1. The van der Waals surface area contributed by atoms with Crippen molar-refractivity contribution in [2.45, 2.75) is 25.3 Å². The number of halogens is 1. The molecule has 7 heteroatoms. The van der Waals surface area contributed by atoms with Gasteiger partial charge in [-0.1, -0.05) is 0 Å². The standard InChI is InChI=1S/C17H19FN4O2/c18-13-10-12(11-19)4-5-15(13)21-6-8-22(9-7-21)17(24)14-2-1-3-16(23)20-14/h4-5,10,14H,1-3,6-9H2,(H,20,23)/t14-/m1/s1. The van der Waals surface area contributed by atoms with Crippen molar-refractivity contribution in [3.8, 4) is 6.07 Å². The third kappa shape index (κ3) is 3.32. The summed E-state index contributed by atoms with van der Waals surface area (Å²) in [5, 5.41) is 11.5. The highest BCUT2D eigenvalue weighted by Crippen LogP contribution is 2.22. The van der Waals surface area contributed by atoms with Gasteiger partial charge in [-0.05, 0) is 31.0 Å². The van der Waals surface area contributed by atoms with Crippen molar-refractivity contribution >= 4 is 17.5 Å². The van der Waals surface area contributed by atoms with Crippen LogP contribution in [0.2, 0.25) is 0 Å². The molecule has 2 saturated heterocycles. The van der Waals surface area contributed by atoms with Crippen LogP contribution in [0.25, 0.3) is 0 Å². The number of nitriles is 1. The number of carbonyl (C=O) groups is 2. The molecule has 2 amide bonds. The van der Waals surface area contributed by atoms with Crippen molar-refractivity contribution in [2.24, 2.45) is 0 Å². The molecule has 1 aromatic carbocycles. The fourth-order valence-corrected chi connectivity index (χ4v) is 3.21. The first kappa shape index (κ1) is 16.2. The second-order valence-electron chi connectivity index (χ2n) is 6.10. The molecule has 0 unspecified atom stereocenters. The van der Waals surface area contributed by atoms with E-state index in [1.165, 1.54) is 6.07 Å². The van der Waals surface area contributed by atoms with Crippen LogP contribution in [0.1, 0.15) is 24.8 Å². The number of piperidine rings is 1. The molecule has 2 aliphatic heterocycles. The van der Waals surface area contributed by atoms with E-state index < -0.39 is 11.9 Å². The van der Waals surface area contributed by atoms with E-state index in [2.05, 4.69) is 5.32 Å². The first-order valence-corrected chi connectivity index (χ1v) is 8.11. The summed E-state index contributed by atoms with van der Waals surface area (Å²) >= 11 is 0. The number of rotatable bonds is 2. The van der Waals surface area contributed by atoms with Gasteiger partial charge in [-0.3, -0.25) is 9.59 Å². The molecule has 1 atom stereocenters. The molecule has 2 fully saturated rings. The maximum Gasteiger partial charge on any atom is 0.245 e. The Morgan fingerprint density at radius 1 is 1.29 bits per heavy atom. The van der Waals surface area contributed by atoms with Crippen LogP contribution in [-0.4, -0.2) is 48.9 Å². The van der Waals surface area contributed by atoms with Gasteiger partial charge in [-0.2, -0.15) is 5.26 Å². The van der Waals surface area contributed by atoms with E-state index in [0.29, 0.717) is 44.7 Å². The van der Waals surface area contributed by atoms with Crippen LogP contribution in [0.5, 0.6) is 0 Å². The van der Waals surface area contributed by atoms with Gasteiger partial charge in [-0.25, -0.2) is 4.39 Å². The minimum atomic E-state index is -0.426. The average Bonchev–Trinajstić information content (AvgIpc) is 2.61. The fourth-order valence-electron chi connectivity index (χ4n) is 3.21. The molecule has 3 rings (SSSR count). The minimum absolute atomic E-state index is 0.0528. The van der Waals surface area contributed by atoms with Gasteiger partial charge in [0.05, 0.1) is 17.3 Å². The molecule has 1 aromatic rings. The number of hydrogen-bond acceptors (Lipinski definition) is 4. The van der Waals surface area contributed by atoms with E-state index in [1.54, 1.807) is 17.0 Å². The summed E-state index contributed by atoms with van der Waals surface area (Å²) in [6.45, 7) is 2.03. The summed E-state index contributed by atoms with van der Waals surface area (Å²) in [7, 11) is 0. The topological polar surface area (TPSA) is 76.4 Å². The van der Waals surface area contributed by atoms with Crippen molar-refractivity contribution in [3.05, 3.63) is 29.6 Å². The zero-order valence-electron chi connectivity index (χ0n) is 13.3. The lowest BCUT2D eigenvalue weighted by atomic mass is 10.0. The summed E-state index contributed by atoms with van der Waals surface area (Å²) in [6, 6.07) is 5.91. The second kappa shape index (κ2) is 6.87. The molecule has 0 radical (unpaired) electrons. The second-order valence-corrected chi connectivity index (χ2v) is 6.10. The van der Waals surface area contributed by atoms with Crippen LogP contribution >= 0.6 is 0 Å². The molecule has 0 aromatic heterocycles. The molecule has 0 saturated carbocycles. The van der Waals surface area contributed by atoms with Crippen molar-refractivity contribution in [3.63, 3.8) is 0 Å². The monoisotopic (exact) mass is 330 g/mol. The van der Waals surface area contributed by atoms with Gasteiger partial charge < -0.3 is 15.1 Å². The Labute approximate surface area is 139 Å². The highest BCUT2D eigenvalue weighted by Gasteiger charge is 2.30. The average molecular weight is 330 g/mol. The van der Waals surface area contributed by atoms with E-state index in [9.17, 15) is 14.0 Å². The maximum absolute atomic E-state index is 14.1. The highest BCUT2D eigenvalue weighted by molar-refractivity contribution is 5.88.